The van der Waals surface area contributed by atoms with Gasteiger partial charge in [-0.2, -0.15) is 5.10 Å². The molecule has 38 heavy (non-hydrogen) atoms. The maximum atomic E-state index is 12.9. The van der Waals surface area contributed by atoms with E-state index in [1.54, 1.807) is 19.1 Å². The molecule has 2 rings (SSSR count). The summed E-state index contributed by atoms with van der Waals surface area (Å²) < 4.78 is 16.4. The van der Waals surface area contributed by atoms with Crippen molar-refractivity contribution in [1.29, 1.82) is 0 Å². The first-order valence-corrected chi connectivity index (χ1v) is 12.5. The molecule has 0 heterocycles. The first-order chi connectivity index (χ1) is 18.0. The highest BCUT2D eigenvalue weighted by Gasteiger charge is 2.26. The number of benzene rings is 2. The van der Waals surface area contributed by atoms with Gasteiger partial charge >= 0.3 is 0 Å². The number of rotatable bonds is 13. The van der Waals surface area contributed by atoms with Crippen LogP contribution in [0.5, 0.6) is 17.2 Å². The summed E-state index contributed by atoms with van der Waals surface area (Å²) in [7, 11) is 1.36. The number of nitro groups is 1. The predicted molar refractivity (Wildman–Crippen MR) is 144 cm³/mol. The lowest BCUT2D eigenvalue weighted by atomic mass is 10.0. The van der Waals surface area contributed by atoms with E-state index in [1.807, 2.05) is 13.8 Å². The van der Waals surface area contributed by atoms with Gasteiger partial charge in [-0.1, -0.05) is 37.0 Å². The van der Waals surface area contributed by atoms with Crippen LogP contribution in [0.3, 0.4) is 0 Å². The minimum Gasteiger partial charge on any atom is -0.493 e. The Morgan fingerprint density at radius 1 is 1.13 bits per heavy atom. The molecule has 0 unspecified atom stereocenters. The molecule has 13 heteroatoms. The number of nitrogens with one attached hydrogen (secondary N) is 2. The van der Waals surface area contributed by atoms with E-state index >= 15 is 0 Å². The first-order valence-electron chi connectivity index (χ1n) is 11.7. The van der Waals surface area contributed by atoms with Crippen LogP contribution in [-0.2, 0) is 9.59 Å². The van der Waals surface area contributed by atoms with E-state index in [-0.39, 0.29) is 46.0 Å². The third-order valence-corrected chi connectivity index (χ3v) is 5.60. The maximum absolute atomic E-state index is 12.9. The van der Waals surface area contributed by atoms with E-state index in [0.717, 1.165) is 0 Å². The molecule has 0 aliphatic carbocycles. The third kappa shape index (κ3) is 8.77. The zero-order valence-corrected chi connectivity index (χ0v) is 23.1. The number of carbonyl (C=O) groups excluding carboxylic acids is 2. The van der Waals surface area contributed by atoms with E-state index in [0.29, 0.717) is 11.4 Å². The van der Waals surface area contributed by atoms with Crippen molar-refractivity contribution in [3.05, 3.63) is 56.1 Å². The van der Waals surface area contributed by atoms with Crippen LogP contribution in [0.25, 0.3) is 0 Å². The van der Waals surface area contributed by atoms with Crippen LogP contribution in [0.15, 0.2) is 35.4 Å². The van der Waals surface area contributed by atoms with Gasteiger partial charge in [0.2, 0.25) is 0 Å². The van der Waals surface area contributed by atoms with Crippen LogP contribution in [-0.4, -0.2) is 48.8 Å². The number of hydrogen-bond donors (Lipinski definition) is 2. The van der Waals surface area contributed by atoms with E-state index in [9.17, 15) is 19.7 Å². The molecule has 206 valence electrons. The maximum Gasteiger partial charge on any atom is 0.274 e. The standard InChI is InChI=1S/C25H30Cl2N4O7/c1-6-37-23-16(10-18(31(34)35)12-22(23)36-5)13-28-30-25(33)20(9-14(2)3)29-24(32)15(4)38-21-8-7-17(26)11-19(21)27/h7-8,10-15,20H,6,9H2,1-5H3,(H,29,32)(H,30,33)/b28-13-/t15-,20-/m0/s1. The van der Waals surface area contributed by atoms with E-state index in [2.05, 4.69) is 15.8 Å². The molecule has 0 bridgehead atoms. The summed E-state index contributed by atoms with van der Waals surface area (Å²) in [5.74, 6) is -0.419. The molecule has 0 aliphatic heterocycles. The van der Waals surface area contributed by atoms with Crippen LogP contribution >= 0.6 is 23.2 Å². The third-order valence-electron chi connectivity index (χ3n) is 5.07. The van der Waals surface area contributed by atoms with Crippen molar-refractivity contribution in [2.24, 2.45) is 11.0 Å². The van der Waals surface area contributed by atoms with Crippen molar-refractivity contribution >= 4 is 46.9 Å². The summed E-state index contributed by atoms with van der Waals surface area (Å²) in [5, 5.41) is 18.6. The molecule has 2 amide bonds. The molecular formula is C25H30Cl2N4O7. The Kier molecular flexibility index (Phi) is 11.6. The predicted octanol–water partition coefficient (Wildman–Crippen LogP) is 4.76. The fourth-order valence-electron chi connectivity index (χ4n) is 3.31. The molecule has 2 N–H and O–H groups in total. The summed E-state index contributed by atoms with van der Waals surface area (Å²) >= 11 is 12.0. The van der Waals surface area contributed by atoms with Gasteiger partial charge < -0.3 is 19.5 Å². The highest BCUT2D eigenvalue weighted by molar-refractivity contribution is 6.35. The molecule has 2 atom stereocenters. The van der Waals surface area contributed by atoms with Gasteiger partial charge in [0, 0.05) is 16.7 Å². The summed E-state index contributed by atoms with van der Waals surface area (Å²) in [6.07, 6.45) is 0.558. The lowest BCUT2D eigenvalue weighted by Gasteiger charge is -2.22. The average Bonchev–Trinajstić information content (AvgIpc) is 2.85. The number of amides is 2. The molecule has 0 aromatic heterocycles. The van der Waals surface area contributed by atoms with Crippen molar-refractivity contribution in [3.63, 3.8) is 0 Å². The molecule has 0 saturated carbocycles. The van der Waals surface area contributed by atoms with Crippen LogP contribution < -0.4 is 25.0 Å². The Hall–Kier alpha value is -3.57. The lowest BCUT2D eigenvalue weighted by molar-refractivity contribution is -0.385. The van der Waals surface area contributed by atoms with E-state index in [1.165, 1.54) is 38.4 Å². The summed E-state index contributed by atoms with van der Waals surface area (Å²) in [6, 6.07) is 6.16. The number of halogens is 2. The van der Waals surface area contributed by atoms with Gasteiger partial charge in [0.05, 0.1) is 35.9 Å². The molecule has 2 aromatic rings. The van der Waals surface area contributed by atoms with Crippen LogP contribution in [0.1, 0.15) is 39.7 Å². The van der Waals surface area contributed by atoms with Crippen molar-refractivity contribution in [3.8, 4) is 17.2 Å². The van der Waals surface area contributed by atoms with Crippen molar-refractivity contribution in [2.45, 2.75) is 46.3 Å². The second-order valence-electron chi connectivity index (χ2n) is 8.52. The zero-order chi connectivity index (χ0) is 28.4. The van der Waals surface area contributed by atoms with Gasteiger partial charge in [0.1, 0.15) is 11.8 Å². The van der Waals surface area contributed by atoms with Crippen molar-refractivity contribution in [1.82, 2.24) is 10.7 Å². The van der Waals surface area contributed by atoms with E-state index in [4.69, 9.17) is 37.4 Å². The number of hydrogen-bond acceptors (Lipinski definition) is 8. The van der Waals surface area contributed by atoms with Crippen LogP contribution in [0, 0.1) is 16.0 Å². The van der Waals surface area contributed by atoms with E-state index < -0.39 is 28.9 Å². The second-order valence-corrected chi connectivity index (χ2v) is 9.36. The van der Waals surface area contributed by atoms with Gasteiger partial charge in [-0.05, 0) is 44.4 Å². The fraction of sp³-hybridized carbons (Fsp3) is 0.400. The second kappa shape index (κ2) is 14.4. The topological polar surface area (TPSA) is 141 Å². The number of carbonyl (C=O) groups is 2. The molecule has 0 saturated heterocycles. The Labute approximate surface area is 230 Å². The number of non-ortho nitro benzene ring substituents is 1. The number of ether oxygens (including phenoxy) is 3. The Bertz CT molecular complexity index is 1190. The SMILES string of the molecule is CCOc1c(/C=N\NC(=O)[C@H](CC(C)C)NC(=O)[C@H](C)Oc2ccc(Cl)cc2Cl)cc([N+](=O)[O-])cc1OC. The average molecular weight is 569 g/mol. The van der Waals surface area contributed by atoms with Gasteiger partial charge in [-0.3, -0.25) is 19.7 Å². The molecule has 0 fully saturated rings. The molecule has 11 nitrogen and oxygen atoms in total. The van der Waals surface area contributed by atoms with Gasteiger partial charge in [-0.15, -0.1) is 0 Å². The molecular weight excluding hydrogens is 539 g/mol. The largest absolute Gasteiger partial charge is 0.493 e. The first kappa shape index (κ1) is 30.7. The highest BCUT2D eigenvalue weighted by atomic mass is 35.5. The minimum atomic E-state index is -0.967. The number of methoxy groups -OCH3 is 1. The Balaban J connectivity index is 2.17. The Morgan fingerprint density at radius 2 is 1.84 bits per heavy atom. The molecule has 0 aliphatic rings. The van der Waals surface area contributed by atoms with Crippen molar-refractivity contribution < 1.29 is 28.7 Å². The monoisotopic (exact) mass is 568 g/mol. The number of nitrogens with zero attached hydrogens (tertiary/aromatic N) is 2. The van der Waals surface area contributed by atoms with Crippen LogP contribution in [0.2, 0.25) is 10.0 Å². The lowest BCUT2D eigenvalue weighted by Crippen LogP contribution is -2.49. The molecule has 0 spiro atoms. The summed E-state index contributed by atoms with van der Waals surface area (Å²) in [5.41, 5.74) is 2.36. The van der Waals surface area contributed by atoms with Gasteiger partial charge in [0.15, 0.2) is 17.6 Å². The number of hydrazone groups is 1. The van der Waals surface area contributed by atoms with Crippen molar-refractivity contribution in [2.75, 3.05) is 13.7 Å². The molecule has 0 radical (unpaired) electrons. The summed E-state index contributed by atoms with van der Waals surface area (Å²) in [6.45, 7) is 7.33. The van der Waals surface area contributed by atoms with Crippen LogP contribution in [0.4, 0.5) is 5.69 Å². The quantitative estimate of drug-likeness (QED) is 0.201. The normalized spacial score (nSPS) is 12.6. The van der Waals surface area contributed by atoms with Gasteiger partial charge in [-0.25, -0.2) is 5.43 Å². The molecule has 2 aromatic carbocycles. The summed E-state index contributed by atoms with van der Waals surface area (Å²) in [4.78, 5) is 36.4. The minimum absolute atomic E-state index is 0.0579. The number of nitro benzene ring substituents is 1. The zero-order valence-electron chi connectivity index (χ0n) is 21.6. The highest BCUT2D eigenvalue weighted by Crippen LogP contribution is 2.35. The smallest absolute Gasteiger partial charge is 0.274 e. The Morgan fingerprint density at radius 3 is 2.42 bits per heavy atom. The van der Waals surface area contributed by atoms with Gasteiger partial charge in [0.25, 0.3) is 17.5 Å². The fourth-order valence-corrected chi connectivity index (χ4v) is 3.76.